The molecule has 0 fully saturated rings. The smallest absolute Gasteiger partial charge is 0.223 e. The van der Waals surface area contributed by atoms with Crippen LogP contribution in [0.25, 0.3) is 22.5 Å². The average molecular weight is 470 g/mol. The van der Waals surface area contributed by atoms with Gasteiger partial charge in [0, 0.05) is 28.3 Å². The summed E-state index contributed by atoms with van der Waals surface area (Å²) in [4.78, 5) is 4.15. The Bertz CT molecular complexity index is 1090. The molecule has 3 atom stereocenters. The summed E-state index contributed by atoms with van der Waals surface area (Å²) in [6.07, 6.45) is 0.803. The van der Waals surface area contributed by atoms with Crippen LogP contribution in [-0.2, 0) is 11.0 Å². The third-order valence-electron chi connectivity index (χ3n) is 4.82. The van der Waals surface area contributed by atoms with E-state index in [-0.39, 0.29) is 27.7 Å². The average Bonchev–Trinajstić information content (AvgIpc) is 3.12. The topological polar surface area (TPSA) is 68.0 Å². The number of nitrogens with zero attached hydrogens (tertiary/aromatic N) is 2. The van der Waals surface area contributed by atoms with Crippen molar-refractivity contribution in [2.24, 2.45) is 0 Å². The summed E-state index contributed by atoms with van der Waals surface area (Å²) in [7, 11) is -1.18. The number of halogens is 3. The van der Waals surface area contributed by atoms with E-state index in [1.54, 1.807) is 19.1 Å². The number of aryl methyl sites for hydroxylation is 1. The van der Waals surface area contributed by atoms with Crippen LogP contribution in [-0.4, -0.2) is 19.6 Å². The van der Waals surface area contributed by atoms with Gasteiger partial charge in [0.15, 0.2) is 0 Å². The highest BCUT2D eigenvalue weighted by Gasteiger charge is 2.21. The van der Waals surface area contributed by atoms with Gasteiger partial charge in [-0.15, -0.1) is 0 Å². The van der Waals surface area contributed by atoms with Gasteiger partial charge >= 0.3 is 0 Å². The fraction of sp³-hybridized carbons (Fsp3) is 0.333. The van der Waals surface area contributed by atoms with Crippen molar-refractivity contribution in [1.82, 2.24) is 14.9 Å². The molecule has 1 N–H and O–H groups in total. The molecule has 0 saturated heterocycles. The molecule has 3 aromatic rings. The van der Waals surface area contributed by atoms with Crippen molar-refractivity contribution in [3.8, 4) is 22.5 Å². The first-order valence-electron chi connectivity index (χ1n) is 9.47. The first kappa shape index (κ1) is 22.9. The molecule has 0 aliphatic heterocycles. The Hall–Kier alpha value is -1.80. The fourth-order valence-electron chi connectivity index (χ4n) is 2.98. The van der Waals surface area contributed by atoms with Crippen LogP contribution in [0.4, 0.5) is 4.39 Å². The zero-order chi connectivity index (χ0) is 22.0. The Kier molecular flexibility index (Phi) is 7.29. The lowest BCUT2D eigenvalue weighted by molar-refractivity contribution is 0.394. The van der Waals surface area contributed by atoms with Gasteiger partial charge in [-0.2, -0.15) is 4.98 Å². The number of aromatic nitrogens is 2. The molecule has 0 saturated carbocycles. The van der Waals surface area contributed by atoms with Crippen LogP contribution < -0.4 is 4.72 Å². The lowest BCUT2D eigenvalue weighted by atomic mass is 9.96. The Morgan fingerprint density at radius 3 is 2.57 bits per heavy atom. The molecule has 1 aromatic heterocycles. The second kappa shape index (κ2) is 9.56. The maximum absolute atomic E-state index is 14.8. The number of hydrogen-bond acceptors (Lipinski definition) is 4. The van der Waals surface area contributed by atoms with Gasteiger partial charge < -0.3 is 4.52 Å². The minimum Gasteiger partial charge on any atom is -0.339 e. The van der Waals surface area contributed by atoms with Crippen LogP contribution in [0.1, 0.15) is 44.7 Å². The third-order valence-corrected chi connectivity index (χ3v) is 7.01. The molecule has 3 unspecified atom stereocenters. The molecular formula is C21H22Cl2FN3O2S. The molecule has 0 spiro atoms. The number of hydrogen-bond donors (Lipinski definition) is 1. The lowest BCUT2D eigenvalue weighted by Crippen LogP contribution is -2.28. The van der Waals surface area contributed by atoms with Gasteiger partial charge in [-0.1, -0.05) is 47.4 Å². The molecule has 3 rings (SSSR count). The Labute approximate surface area is 187 Å². The van der Waals surface area contributed by atoms with Crippen LogP contribution in [0.3, 0.4) is 0 Å². The van der Waals surface area contributed by atoms with E-state index in [1.165, 1.54) is 6.07 Å². The highest BCUT2D eigenvalue weighted by molar-refractivity contribution is 7.83. The van der Waals surface area contributed by atoms with Gasteiger partial charge in [-0.3, -0.25) is 0 Å². The van der Waals surface area contributed by atoms with Gasteiger partial charge in [0.1, 0.15) is 5.82 Å². The van der Waals surface area contributed by atoms with Crippen LogP contribution in [0.2, 0.25) is 10.0 Å². The van der Waals surface area contributed by atoms with Gasteiger partial charge in [-0.25, -0.2) is 13.3 Å². The van der Waals surface area contributed by atoms with Crippen molar-refractivity contribution in [1.29, 1.82) is 0 Å². The summed E-state index contributed by atoms with van der Waals surface area (Å²) in [6, 6.07) is 7.98. The van der Waals surface area contributed by atoms with Crippen molar-refractivity contribution < 1.29 is 13.1 Å². The Morgan fingerprint density at radius 1 is 1.23 bits per heavy atom. The summed E-state index contributed by atoms with van der Waals surface area (Å²) >= 11 is 12.6. The predicted octanol–water partition coefficient (Wildman–Crippen LogP) is 6.27. The highest BCUT2D eigenvalue weighted by atomic mass is 35.5. The van der Waals surface area contributed by atoms with Gasteiger partial charge in [-0.05, 0) is 55.2 Å². The molecule has 160 valence electrons. The van der Waals surface area contributed by atoms with E-state index in [0.717, 1.165) is 12.0 Å². The molecule has 0 aliphatic rings. The van der Waals surface area contributed by atoms with E-state index in [9.17, 15) is 8.60 Å². The molecule has 0 radical (unpaired) electrons. The minimum atomic E-state index is -1.18. The highest BCUT2D eigenvalue weighted by Crippen LogP contribution is 2.37. The monoisotopic (exact) mass is 469 g/mol. The third kappa shape index (κ3) is 4.91. The minimum absolute atomic E-state index is 0.0286. The van der Waals surface area contributed by atoms with Crippen molar-refractivity contribution >= 4 is 34.2 Å². The summed E-state index contributed by atoms with van der Waals surface area (Å²) in [5.41, 5.74) is 2.12. The normalized spacial score (nSPS) is 14.5. The van der Waals surface area contributed by atoms with Crippen molar-refractivity contribution in [2.45, 2.75) is 45.4 Å². The standard InChI is InChI=1S/C21H22Cl2FN3O2S/c1-5-11(2)30(28)27-12(3)16-7-6-14(8-18(16)23)17-9-15(22)10-19(24)20(17)21-25-13(4)29-26-21/h6-12,27H,5H2,1-4H3. The summed E-state index contributed by atoms with van der Waals surface area (Å²) in [6.45, 7) is 7.44. The van der Waals surface area contributed by atoms with Gasteiger partial charge in [0.25, 0.3) is 0 Å². The number of rotatable bonds is 7. The number of nitrogens with one attached hydrogen (secondary N) is 1. The lowest BCUT2D eigenvalue weighted by Gasteiger charge is -2.19. The first-order valence-corrected chi connectivity index (χ1v) is 11.4. The Balaban J connectivity index is 2.00. The molecule has 30 heavy (non-hydrogen) atoms. The summed E-state index contributed by atoms with van der Waals surface area (Å²) in [5, 5.41) is 4.57. The molecule has 0 amide bonds. The molecular weight excluding hydrogens is 448 g/mol. The predicted molar refractivity (Wildman–Crippen MR) is 119 cm³/mol. The van der Waals surface area contributed by atoms with E-state index in [1.807, 2.05) is 32.9 Å². The van der Waals surface area contributed by atoms with Crippen LogP contribution in [0.15, 0.2) is 34.9 Å². The fourth-order valence-corrected chi connectivity index (χ4v) is 4.54. The quantitative estimate of drug-likeness (QED) is 0.442. The maximum atomic E-state index is 14.8. The molecule has 1 heterocycles. The molecule has 0 aliphatic carbocycles. The zero-order valence-corrected chi connectivity index (χ0v) is 19.3. The van der Waals surface area contributed by atoms with E-state index >= 15 is 0 Å². The van der Waals surface area contributed by atoms with Crippen LogP contribution in [0.5, 0.6) is 0 Å². The summed E-state index contributed by atoms with van der Waals surface area (Å²) < 4.78 is 35.2. The number of benzene rings is 2. The van der Waals surface area contributed by atoms with E-state index in [2.05, 4.69) is 14.9 Å². The summed E-state index contributed by atoms with van der Waals surface area (Å²) in [5.74, 6) is -0.0961. The molecule has 5 nitrogen and oxygen atoms in total. The van der Waals surface area contributed by atoms with E-state index in [0.29, 0.717) is 22.0 Å². The molecule has 9 heteroatoms. The Morgan fingerprint density at radius 2 is 1.97 bits per heavy atom. The van der Waals surface area contributed by atoms with Gasteiger partial charge in [0.2, 0.25) is 11.7 Å². The van der Waals surface area contributed by atoms with E-state index < -0.39 is 16.8 Å². The van der Waals surface area contributed by atoms with Crippen LogP contribution in [0, 0.1) is 12.7 Å². The maximum Gasteiger partial charge on any atom is 0.223 e. The van der Waals surface area contributed by atoms with Crippen LogP contribution >= 0.6 is 23.2 Å². The largest absolute Gasteiger partial charge is 0.339 e. The second-order valence-electron chi connectivity index (χ2n) is 7.04. The molecule has 2 aromatic carbocycles. The van der Waals surface area contributed by atoms with E-state index in [4.69, 9.17) is 27.7 Å². The van der Waals surface area contributed by atoms with Crippen molar-refractivity contribution in [3.05, 3.63) is 57.6 Å². The molecule has 0 bridgehead atoms. The first-order chi connectivity index (χ1) is 14.2. The SMILES string of the molecule is CCC(C)S(=O)NC(C)c1ccc(-c2cc(Cl)cc(F)c2-c2noc(C)n2)cc1Cl. The second-order valence-corrected chi connectivity index (χ2v) is 9.52. The van der Waals surface area contributed by atoms with Crippen molar-refractivity contribution in [3.63, 3.8) is 0 Å². The van der Waals surface area contributed by atoms with Crippen molar-refractivity contribution in [2.75, 3.05) is 0 Å². The van der Waals surface area contributed by atoms with Gasteiger partial charge in [0.05, 0.1) is 16.5 Å². The zero-order valence-electron chi connectivity index (χ0n) is 17.0.